The van der Waals surface area contributed by atoms with Crippen molar-refractivity contribution in [2.75, 3.05) is 27.3 Å². The molecule has 5 nitrogen and oxygen atoms in total. The second-order valence-electron chi connectivity index (χ2n) is 6.77. The van der Waals surface area contributed by atoms with Gasteiger partial charge in [0.05, 0.1) is 14.2 Å². The first kappa shape index (κ1) is 19.7. The summed E-state index contributed by atoms with van der Waals surface area (Å²) in [6, 6.07) is 14.8. The average molecular weight is 379 g/mol. The number of Topliss-reactive ketones (excluding diaryl/α,β-unsaturated/α-hetero) is 1. The topological polar surface area (TPSA) is 55.8 Å². The van der Waals surface area contributed by atoms with Crippen molar-refractivity contribution in [2.45, 2.75) is 12.8 Å². The van der Waals surface area contributed by atoms with Crippen LogP contribution in [-0.4, -0.2) is 43.9 Å². The molecule has 3 rings (SSSR count). The highest BCUT2D eigenvalue weighted by Gasteiger charge is 2.27. The Hall–Kier alpha value is -3.08. The standard InChI is InChI=1S/C23H25NO4/c1-27-20-10-8-17(21(16-20)28-2)9-11-22(25)24-14-12-19(13-15-24)23(26)18-6-4-3-5-7-18/h3-11,16,19H,12-15H2,1-2H3/b11-9+. The maximum absolute atomic E-state index is 12.6. The number of nitrogens with zero attached hydrogens (tertiary/aromatic N) is 1. The smallest absolute Gasteiger partial charge is 0.246 e. The van der Waals surface area contributed by atoms with E-state index in [2.05, 4.69) is 0 Å². The second kappa shape index (κ2) is 9.22. The minimum Gasteiger partial charge on any atom is -0.497 e. The second-order valence-corrected chi connectivity index (χ2v) is 6.77. The molecule has 0 atom stereocenters. The summed E-state index contributed by atoms with van der Waals surface area (Å²) in [4.78, 5) is 26.9. The molecular formula is C23H25NO4. The highest BCUT2D eigenvalue weighted by Crippen LogP contribution is 2.26. The van der Waals surface area contributed by atoms with Crippen LogP contribution in [-0.2, 0) is 4.79 Å². The van der Waals surface area contributed by atoms with Gasteiger partial charge in [-0.15, -0.1) is 0 Å². The normalized spacial score (nSPS) is 14.9. The van der Waals surface area contributed by atoms with E-state index in [9.17, 15) is 9.59 Å². The Kier molecular flexibility index (Phi) is 6.48. The molecule has 5 heteroatoms. The van der Waals surface area contributed by atoms with Crippen LogP contribution in [0.25, 0.3) is 6.08 Å². The fraction of sp³-hybridized carbons (Fsp3) is 0.304. The Morgan fingerprint density at radius 3 is 2.36 bits per heavy atom. The van der Waals surface area contributed by atoms with Gasteiger partial charge in [-0.3, -0.25) is 9.59 Å². The van der Waals surface area contributed by atoms with Crippen LogP contribution >= 0.6 is 0 Å². The number of ether oxygens (including phenoxy) is 2. The zero-order valence-corrected chi connectivity index (χ0v) is 16.3. The first-order chi connectivity index (χ1) is 13.6. The molecule has 0 spiro atoms. The summed E-state index contributed by atoms with van der Waals surface area (Å²) in [5.41, 5.74) is 1.56. The lowest BCUT2D eigenvalue weighted by Crippen LogP contribution is -2.39. The van der Waals surface area contributed by atoms with Crippen LogP contribution in [0.5, 0.6) is 11.5 Å². The van der Waals surface area contributed by atoms with E-state index in [0.29, 0.717) is 37.4 Å². The number of piperidine rings is 1. The zero-order valence-electron chi connectivity index (χ0n) is 16.3. The molecule has 0 saturated carbocycles. The van der Waals surface area contributed by atoms with Crippen molar-refractivity contribution in [1.29, 1.82) is 0 Å². The molecule has 1 saturated heterocycles. The molecule has 2 aromatic carbocycles. The maximum atomic E-state index is 12.6. The van der Waals surface area contributed by atoms with Gasteiger partial charge in [-0.05, 0) is 31.1 Å². The van der Waals surface area contributed by atoms with Gasteiger partial charge in [0.25, 0.3) is 0 Å². The summed E-state index contributed by atoms with van der Waals surface area (Å²) in [6.45, 7) is 1.18. The third-order valence-electron chi connectivity index (χ3n) is 5.08. The fourth-order valence-electron chi connectivity index (χ4n) is 3.42. The Balaban J connectivity index is 1.58. The number of benzene rings is 2. The predicted molar refractivity (Wildman–Crippen MR) is 109 cm³/mol. The molecule has 1 amide bonds. The molecule has 28 heavy (non-hydrogen) atoms. The summed E-state index contributed by atoms with van der Waals surface area (Å²) in [7, 11) is 3.18. The lowest BCUT2D eigenvalue weighted by atomic mass is 9.89. The monoisotopic (exact) mass is 379 g/mol. The lowest BCUT2D eigenvalue weighted by molar-refractivity contribution is -0.127. The van der Waals surface area contributed by atoms with Crippen molar-refractivity contribution in [3.05, 3.63) is 65.7 Å². The molecule has 1 aliphatic rings. The van der Waals surface area contributed by atoms with Gasteiger partial charge in [0, 0.05) is 42.3 Å². The lowest BCUT2D eigenvalue weighted by Gasteiger charge is -2.30. The Labute approximate surface area is 165 Å². The molecule has 0 N–H and O–H groups in total. The molecule has 2 aromatic rings. The van der Waals surface area contributed by atoms with Crippen LogP contribution in [0.2, 0.25) is 0 Å². The van der Waals surface area contributed by atoms with E-state index in [1.807, 2.05) is 42.5 Å². The SMILES string of the molecule is COc1ccc(/C=C/C(=O)N2CCC(C(=O)c3ccccc3)CC2)c(OC)c1. The first-order valence-corrected chi connectivity index (χ1v) is 9.40. The average Bonchev–Trinajstić information content (AvgIpc) is 2.77. The number of methoxy groups -OCH3 is 2. The van der Waals surface area contributed by atoms with Crippen molar-refractivity contribution in [3.63, 3.8) is 0 Å². The van der Waals surface area contributed by atoms with Gasteiger partial charge in [0.15, 0.2) is 5.78 Å². The zero-order chi connectivity index (χ0) is 19.9. The third kappa shape index (κ3) is 4.60. The van der Waals surface area contributed by atoms with Crippen LogP contribution in [0.4, 0.5) is 0 Å². The summed E-state index contributed by atoms with van der Waals surface area (Å²) >= 11 is 0. The van der Waals surface area contributed by atoms with Crippen molar-refractivity contribution in [2.24, 2.45) is 5.92 Å². The molecule has 146 valence electrons. The van der Waals surface area contributed by atoms with E-state index in [1.54, 1.807) is 37.3 Å². The molecule has 0 aromatic heterocycles. The Morgan fingerprint density at radius 1 is 1.00 bits per heavy atom. The molecule has 1 aliphatic heterocycles. The third-order valence-corrected chi connectivity index (χ3v) is 5.08. The number of likely N-dealkylation sites (tertiary alicyclic amines) is 1. The fourth-order valence-corrected chi connectivity index (χ4v) is 3.42. The van der Waals surface area contributed by atoms with Crippen LogP contribution < -0.4 is 9.47 Å². The van der Waals surface area contributed by atoms with Gasteiger partial charge in [0.1, 0.15) is 11.5 Å². The van der Waals surface area contributed by atoms with Crippen molar-refractivity contribution in [3.8, 4) is 11.5 Å². The summed E-state index contributed by atoms with van der Waals surface area (Å²) in [5.74, 6) is 1.45. The molecular weight excluding hydrogens is 354 g/mol. The minimum atomic E-state index is -0.0523. The molecule has 0 bridgehead atoms. The van der Waals surface area contributed by atoms with E-state index in [4.69, 9.17) is 9.47 Å². The van der Waals surface area contributed by atoms with Crippen LogP contribution in [0, 0.1) is 5.92 Å². The minimum absolute atomic E-state index is 0.0166. The van der Waals surface area contributed by atoms with E-state index in [0.717, 1.165) is 11.1 Å². The molecule has 0 aliphatic carbocycles. The molecule has 1 fully saturated rings. The van der Waals surface area contributed by atoms with Crippen molar-refractivity contribution >= 4 is 17.8 Å². The van der Waals surface area contributed by atoms with Crippen LogP contribution in [0.3, 0.4) is 0 Å². The number of hydrogen-bond donors (Lipinski definition) is 0. The van der Waals surface area contributed by atoms with Gasteiger partial charge in [-0.25, -0.2) is 0 Å². The Bertz CT molecular complexity index is 852. The maximum Gasteiger partial charge on any atom is 0.246 e. The number of carbonyl (C=O) groups is 2. The largest absolute Gasteiger partial charge is 0.497 e. The highest BCUT2D eigenvalue weighted by atomic mass is 16.5. The van der Waals surface area contributed by atoms with Gasteiger partial charge >= 0.3 is 0 Å². The van der Waals surface area contributed by atoms with E-state index in [-0.39, 0.29) is 17.6 Å². The molecule has 1 heterocycles. The van der Waals surface area contributed by atoms with Crippen molar-refractivity contribution in [1.82, 2.24) is 4.90 Å². The van der Waals surface area contributed by atoms with Gasteiger partial charge in [0.2, 0.25) is 5.91 Å². The van der Waals surface area contributed by atoms with Crippen LogP contribution in [0.1, 0.15) is 28.8 Å². The molecule has 0 unspecified atom stereocenters. The molecule has 0 radical (unpaired) electrons. The van der Waals surface area contributed by atoms with E-state index < -0.39 is 0 Å². The number of amides is 1. The van der Waals surface area contributed by atoms with Gasteiger partial charge in [-0.2, -0.15) is 0 Å². The summed E-state index contributed by atoms with van der Waals surface area (Å²) < 4.78 is 10.5. The van der Waals surface area contributed by atoms with Gasteiger partial charge in [-0.1, -0.05) is 30.3 Å². The number of carbonyl (C=O) groups excluding carboxylic acids is 2. The van der Waals surface area contributed by atoms with Crippen molar-refractivity contribution < 1.29 is 19.1 Å². The van der Waals surface area contributed by atoms with E-state index in [1.165, 1.54) is 0 Å². The summed E-state index contributed by atoms with van der Waals surface area (Å²) in [6.07, 6.45) is 4.70. The quantitative estimate of drug-likeness (QED) is 0.565. The first-order valence-electron chi connectivity index (χ1n) is 9.40. The summed E-state index contributed by atoms with van der Waals surface area (Å²) in [5, 5.41) is 0. The Morgan fingerprint density at radius 2 is 1.71 bits per heavy atom. The van der Waals surface area contributed by atoms with Crippen LogP contribution in [0.15, 0.2) is 54.6 Å². The number of ketones is 1. The highest BCUT2D eigenvalue weighted by molar-refractivity contribution is 5.98. The number of hydrogen-bond acceptors (Lipinski definition) is 4. The number of rotatable bonds is 6. The van der Waals surface area contributed by atoms with Gasteiger partial charge < -0.3 is 14.4 Å². The predicted octanol–water partition coefficient (Wildman–Crippen LogP) is 3.84. The van der Waals surface area contributed by atoms with E-state index >= 15 is 0 Å².